The number of hydrogen-bond acceptors (Lipinski definition) is 5. The third-order valence-corrected chi connectivity index (χ3v) is 5.73. The number of ketones is 1. The van der Waals surface area contributed by atoms with E-state index in [0.29, 0.717) is 35.8 Å². The summed E-state index contributed by atoms with van der Waals surface area (Å²) in [6, 6.07) is 19.3. The fourth-order valence-electron chi connectivity index (χ4n) is 3.77. The number of ether oxygens (including phenoxy) is 3. The van der Waals surface area contributed by atoms with Gasteiger partial charge in [0.05, 0.1) is 19.7 Å². The Morgan fingerprint density at radius 3 is 2.12 bits per heavy atom. The van der Waals surface area contributed by atoms with E-state index in [1.54, 1.807) is 20.4 Å². The smallest absolute Gasteiger partial charge is 0.162 e. The first-order valence-electron chi connectivity index (χ1n) is 10.8. The molecule has 5 nitrogen and oxygen atoms in total. The van der Waals surface area contributed by atoms with Crippen LogP contribution < -0.4 is 14.2 Å². The number of methoxy groups -OCH3 is 2. The highest BCUT2D eigenvalue weighted by Crippen LogP contribution is 2.36. The zero-order chi connectivity index (χ0) is 23.4. The molecule has 0 aliphatic carbocycles. The van der Waals surface area contributed by atoms with Crippen molar-refractivity contribution in [2.45, 2.75) is 26.7 Å². The largest absolute Gasteiger partial charge is 0.493 e. The molecule has 0 aliphatic rings. The van der Waals surface area contributed by atoms with Crippen molar-refractivity contribution in [2.75, 3.05) is 14.2 Å². The number of rotatable bonds is 8. The maximum Gasteiger partial charge on any atom is 0.162 e. The lowest BCUT2D eigenvalue weighted by molar-refractivity contribution is -0.117. The minimum absolute atomic E-state index is 0.188. The van der Waals surface area contributed by atoms with Crippen molar-refractivity contribution >= 4 is 16.7 Å². The van der Waals surface area contributed by atoms with Crippen molar-refractivity contribution in [3.8, 4) is 23.0 Å². The first kappa shape index (κ1) is 22.3. The van der Waals surface area contributed by atoms with Gasteiger partial charge >= 0.3 is 0 Å². The third kappa shape index (κ3) is 5.14. The summed E-state index contributed by atoms with van der Waals surface area (Å²) in [7, 11) is 3.19. The average molecular weight is 442 g/mol. The molecule has 0 spiro atoms. The molecule has 0 N–H and O–H groups in total. The van der Waals surface area contributed by atoms with Crippen LogP contribution in [-0.2, 0) is 17.6 Å². The lowest BCUT2D eigenvalue weighted by Crippen LogP contribution is -2.06. The van der Waals surface area contributed by atoms with Gasteiger partial charge in [-0.15, -0.1) is 0 Å². The molecule has 0 amide bonds. The van der Waals surface area contributed by atoms with Gasteiger partial charge in [0.15, 0.2) is 11.5 Å². The van der Waals surface area contributed by atoms with Gasteiger partial charge in [0.25, 0.3) is 0 Å². The van der Waals surface area contributed by atoms with Crippen LogP contribution in [-0.4, -0.2) is 25.0 Å². The molecule has 1 aromatic heterocycles. The van der Waals surface area contributed by atoms with Gasteiger partial charge in [-0.25, -0.2) is 0 Å². The molecule has 168 valence electrons. The molecule has 0 atom stereocenters. The van der Waals surface area contributed by atoms with E-state index in [1.807, 2.05) is 48.5 Å². The normalized spacial score (nSPS) is 10.8. The molecule has 1 heterocycles. The molecule has 4 aromatic rings. The minimum atomic E-state index is 0.188. The SMILES string of the molecule is COc1cc2nccc(Oc3ccc(CC(=O)Cc4ccc(C)c(C)c4)cc3)c2cc1OC. The summed E-state index contributed by atoms with van der Waals surface area (Å²) >= 11 is 0. The summed E-state index contributed by atoms with van der Waals surface area (Å²) < 4.78 is 16.9. The van der Waals surface area contributed by atoms with Crippen LogP contribution >= 0.6 is 0 Å². The molecule has 0 fully saturated rings. The minimum Gasteiger partial charge on any atom is -0.493 e. The number of pyridine rings is 1. The van der Waals surface area contributed by atoms with Crippen LogP contribution in [0.1, 0.15) is 22.3 Å². The van der Waals surface area contributed by atoms with E-state index in [2.05, 4.69) is 31.0 Å². The van der Waals surface area contributed by atoms with Crippen molar-refractivity contribution in [1.82, 2.24) is 4.98 Å². The summed E-state index contributed by atoms with van der Waals surface area (Å²) in [4.78, 5) is 17.0. The fourth-order valence-corrected chi connectivity index (χ4v) is 3.77. The Balaban J connectivity index is 1.47. The number of aryl methyl sites for hydroxylation is 2. The average Bonchev–Trinajstić information content (AvgIpc) is 2.82. The molecule has 0 unspecified atom stereocenters. The second kappa shape index (κ2) is 9.74. The first-order valence-corrected chi connectivity index (χ1v) is 10.8. The molecule has 0 bridgehead atoms. The summed E-state index contributed by atoms with van der Waals surface area (Å²) in [6.45, 7) is 4.15. The van der Waals surface area contributed by atoms with Gasteiger partial charge in [0.2, 0.25) is 0 Å². The third-order valence-electron chi connectivity index (χ3n) is 5.73. The number of hydrogen-bond donors (Lipinski definition) is 0. The predicted molar refractivity (Wildman–Crippen MR) is 130 cm³/mol. The van der Waals surface area contributed by atoms with E-state index < -0.39 is 0 Å². The van der Waals surface area contributed by atoms with E-state index in [4.69, 9.17) is 14.2 Å². The summed E-state index contributed by atoms with van der Waals surface area (Å²) in [6.07, 6.45) is 2.53. The highest BCUT2D eigenvalue weighted by molar-refractivity contribution is 5.88. The van der Waals surface area contributed by atoms with Gasteiger partial charge in [-0.1, -0.05) is 30.3 Å². The molecule has 3 aromatic carbocycles. The Hall–Kier alpha value is -3.86. The van der Waals surface area contributed by atoms with Gasteiger partial charge in [0, 0.05) is 30.5 Å². The Morgan fingerprint density at radius 2 is 1.42 bits per heavy atom. The van der Waals surface area contributed by atoms with E-state index in [1.165, 1.54) is 11.1 Å². The topological polar surface area (TPSA) is 57.7 Å². The van der Waals surface area contributed by atoms with Gasteiger partial charge in [-0.3, -0.25) is 9.78 Å². The maximum atomic E-state index is 12.6. The van der Waals surface area contributed by atoms with Crippen molar-refractivity contribution in [2.24, 2.45) is 0 Å². The molecule has 0 saturated heterocycles. The van der Waals surface area contributed by atoms with Crippen LogP contribution in [0.3, 0.4) is 0 Å². The van der Waals surface area contributed by atoms with Crippen LogP contribution in [0, 0.1) is 13.8 Å². The second-order valence-corrected chi connectivity index (χ2v) is 8.09. The molecule has 0 saturated carbocycles. The van der Waals surface area contributed by atoms with Crippen molar-refractivity contribution in [3.63, 3.8) is 0 Å². The zero-order valence-electron chi connectivity index (χ0n) is 19.3. The number of nitrogens with zero attached hydrogens (tertiary/aromatic N) is 1. The van der Waals surface area contributed by atoms with Gasteiger partial charge < -0.3 is 14.2 Å². The Morgan fingerprint density at radius 1 is 0.758 bits per heavy atom. The molecule has 0 radical (unpaired) electrons. The summed E-state index contributed by atoms with van der Waals surface area (Å²) in [5.74, 6) is 2.76. The van der Waals surface area contributed by atoms with Crippen molar-refractivity contribution in [3.05, 3.63) is 89.1 Å². The van der Waals surface area contributed by atoms with Crippen molar-refractivity contribution in [1.29, 1.82) is 0 Å². The van der Waals surface area contributed by atoms with Crippen LogP contribution in [0.4, 0.5) is 0 Å². The number of benzene rings is 3. The van der Waals surface area contributed by atoms with Gasteiger partial charge in [-0.2, -0.15) is 0 Å². The summed E-state index contributed by atoms with van der Waals surface area (Å²) in [5, 5.41) is 0.822. The van der Waals surface area contributed by atoms with Crippen LogP contribution in [0.15, 0.2) is 66.9 Å². The monoisotopic (exact) mass is 441 g/mol. The van der Waals surface area contributed by atoms with E-state index in [-0.39, 0.29) is 5.78 Å². The summed E-state index contributed by atoms with van der Waals surface area (Å²) in [5.41, 5.74) is 5.21. The lowest BCUT2D eigenvalue weighted by atomic mass is 9.99. The fraction of sp³-hybridized carbons (Fsp3) is 0.214. The number of aromatic nitrogens is 1. The second-order valence-electron chi connectivity index (χ2n) is 8.09. The van der Waals surface area contributed by atoms with E-state index in [0.717, 1.165) is 22.0 Å². The lowest BCUT2D eigenvalue weighted by Gasteiger charge is -2.12. The highest BCUT2D eigenvalue weighted by atomic mass is 16.5. The predicted octanol–water partition coefficient (Wildman–Crippen LogP) is 6.02. The number of carbonyl (C=O) groups is 1. The van der Waals surface area contributed by atoms with Crippen molar-refractivity contribution < 1.29 is 19.0 Å². The Bertz CT molecular complexity index is 1300. The van der Waals surface area contributed by atoms with E-state index in [9.17, 15) is 4.79 Å². The zero-order valence-corrected chi connectivity index (χ0v) is 19.3. The quantitative estimate of drug-likeness (QED) is 0.335. The molecule has 0 aliphatic heterocycles. The standard InChI is InChI=1S/C28H27NO4/c1-18-5-6-21(13-19(18)2)15-22(30)14-20-7-9-23(10-8-20)33-26-11-12-29-25-17-28(32-4)27(31-3)16-24(25)26/h5-13,16-17H,14-15H2,1-4H3. The molecule has 33 heavy (non-hydrogen) atoms. The Kier molecular flexibility index (Phi) is 6.59. The maximum absolute atomic E-state index is 12.6. The van der Waals surface area contributed by atoms with Crippen LogP contribution in [0.5, 0.6) is 23.0 Å². The van der Waals surface area contributed by atoms with E-state index >= 15 is 0 Å². The molecule has 4 rings (SSSR count). The van der Waals surface area contributed by atoms with Gasteiger partial charge in [-0.05, 0) is 60.4 Å². The first-order chi connectivity index (χ1) is 16.0. The number of carbonyl (C=O) groups excluding carboxylic acids is 1. The number of Topliss-reactive ketones (excluding diaryl/α,β-unsaturated/α-hetero) is 1. The van der Waals surface area contributed by atoms with Crippen LogP contribution in [0.25, 0.3) is 10.9 Å². The van der Waals surface area contributed by atoms with Gasteiger partial charge in [0.1, 0.15) is 17.3 Å². The number of fused-ring (bicyclic) bond motifs is 1. The molecular formula is C28H27NO4. The molecular weight excluding hydrogens is 414 g/mol. The highest BCUT2D eigenvalue weighted by Gasteiger charge is 2.12. The van der Waals surface area contributed by atoms with Crippen LogP contribution in [0.2, 0.25) is 0 Å². The Labute approximate surface area is 194 Å². The molecule has 5 heteroatoms.